The van der Waals surface area contributed by atoms with Gasteiger partial charge in [-0.1, -0.05) is 25.4 Å². The van der Waals surface area contributed by atoms with Crippen LogP contribution in [0.3, 0.4) is 0 Å². The summed E-state index contributed by atoms with van der Waals surface area (Å²) in [6.07, 6.45) is 0. The van der Waals surface area contributed by atoms with Gasteiger partial charge in [0.05, 0.1) is 24.9 Å². The first kappa shape index (κ1) is 17.9. The number of ether oxygens (including phenoxy) is 1. The molecule has 0 aromatic carbocycles. The lowest BCUT2D eigenvalue weighted by Gasteiger charge is -2.28. The van der Waals surface area contributed by atoms with Crippen LogP contribution in [0.4, 0.5) is 5.69 Å². The standard InChI is InChI=1S/C17H24ClN5O2/c1-10(2)14(19-11(3)24)16-21-15-12(23-5-7-25-8-6-23)9-13(18)20-17(15)22(16)4/h9-10,14H,5-8H2,1-4H3,(H,19,24)/t14-/m0/s1. The fourth-order valence-corrected chi connectivity index (χ4v) is 3.38. The Morgan fingerprint density at radius 2 is 2.00 bits per heavy atom. The number of aryl methyl sites for hydroxylation is 1. The zero-order chi connectivity index (χ0) is 18.1. The SMILES string of the molecule is CC(=O)N[C@H](c1nc2c(N3CCOCC3)cc(Cl)nc2n1C)C(C)C. The molecule has 8 heteroatoms. The van der Waals surface area contributed by atoms with E-state index in [0.29, 0.717) is 18.4 Å². The van der Waals surface area contributed by atoms with Crippen LogP contribution in [0.1, 0.15) is 32.6 Å². The Labute approximate surface area is 152 Å². The monoisotopic (exact) mass is 365 g/mol. The minimum absolute atomic E-state index is 0.0786. The van der Waals surface area contributed by atoms with Crippen molar-refractivity contribution < 1.29 is 9.53 Å². The van der Waals surface area contributed by atoms with E-state index in [4.69, 9.17) is 21.3 Å². The van der Waals surface area contributed by atoms with E-state index in [9.17, 15) is 4.79 Å². The fraction of sp³-hybridized carbons (Fsp3) is 0.588. The molecule has 136 valence electrons. The van der Waals surface area contributed by atoms with E-state index in [1.54, 1.807) is 0 Å². The predicted molar refractivity (Wildman–Crippen MR) is 97.9 cm³/mol. The molecule has 0 unspecified atom stereocenters. The maximum atomic E-state index is 11.6. The van der Waals surface area contributed by atoms with Crippen LogP contribution in [0.2, 0.25) is 5.15 Å². The van der Waals surface area contributed by atoms with Crippen molar-refractivity contribution in [3.8, 4) is 0 Å². The Kier molecular flexibility index (Phi) is 5.15. The van der Waals surface area contributed by atoms with Crippen molar-refractivity contribution in [1.82, 2.24) is 19.9 Å². The van der Waals surface area contributed by atoms with Crippen LogP contribution in [-0.4, -0.2) is 46.7 Å². The maximum Gasteiger partial charge on any atom is 0.217 e. The summed E-state index contributed by atoms with van der Waals surface area (Å²) < 4.78 is 7.36. The molecule has 0 radical (unpaired) electrons. The average Bonchev–Trinajstić information content (AvgIpc) is 2.89. The summed E-state index contributed by atoms with van der Waals surface area (Å²) in [5, 5.41) is 3.43. The molecule has 2 aromatic heterocycles. The Balaban J connectivity index is 2.12. The van der Waals surface area contributed by atoms with Crippen LogP contribution >= 0.6 is 11.6 Å². The van der Waals surface area contributed by atoms with Crippen LogP contribution in [0.5, 0.6) is 0 Å². The summed E-state index contributed by atoms with van der Waals surface area (Å²) in [5.74, 6) is 0.899. The predicted octanol–water partition coefficient (Wildman–Crippen LogP) is 2.29. The second-order valence-electron chi connectivity index (χ2n) is 6.69. The van der Waals surface area contributed by atoms with E-state index in [1.165, 1.54) is 6.92 Å². The molecular formula is C17H24ClN5O2. The molecule has 25 heavy (non-hydrogen) atoms. The summed E-state index contributed by atoms with van der Waals surface area (Å²) in [6.45, 7) is 8.59. The summed E-state index contributed by atoms with van der Waals surface area (Å²) in [5.41, 5.74) is 2.49. The number of carbonyl (C=O) groups excluding carboxylic acids is 1. The molecule has 3 rings (SSSR count). The van der Waals surface area contributed by atoms with E-state index in [-0.39, 0.29) is 17.9 Å². The summed E-state index contributed by atoms with van der Waals surface area (Å²) in [6, 6.07) is 1.67. The van der Waals surface area contributed by atoms with Crippen molar-refractivity contribution in [2.75, 3.05) is 31.2 Å². The van der Waals surface area contributed by atoms with E-state index >= 15 is 0 Å². The zero-order valence-corrected chi connectivity index (χ0v) is 15.8. The van der Waals surface area contributed by atoms with Crippen LogP contribution in [0.25, 0.3) is 11.2 Å². The number of rotatable bonds is 4. The quantitative estimate of drug-likeness (QED) is 0.841. The molecule has 0 spiro atoms. The number of imidazole rings is 1. The van der Waals surface area contributed by atoms with Crippen molar-refractivity contribution in [2.45, 2.75) is 26.8 Å². The number of halogens is 1. The molecule has 1 N–H and O–H groups in total. The van der Waals surface area contributed by atoms with Crippen molar-refractivity contribution in [2.24, 2.45) is 13.0 Å². The van der Waals surface area contributed by atoms with Crippen LogP contribution < -0.4 is 10.2 Å². The van der Waals surface area contributed by atoms with Gasteiger partial charge in [0.2, 0.25) is 5.91 Å². The highest BCUT2D eigenvalue weighted by Gasteiger charge is 2.26. The first-order valence-corrected chi connectivity index (χ1v) is 8.89. The zero-order valence-electron chi connectivity index (χ0n) is 15.0. The molecule has 3 heterocycles. The largest absolute Gasteiger partial charge is 0.378 e. The number of aromatic nitrogens is 3. The Morgan fingerprint density at radius 3 is 2.60 bits per heavy atom. The van der Waals surface area contributed by atoms with Gasteiger partial charge in [-0.2, -0.15) is 0 Å². The van der Waals surface area contributed by atoms with Gasteiger partial charge in [-0.15, -0.1) is 0 Å². The molecule has 1 atom stereocenters. The minimum atomic E-state index is -0.187. The Hall–Kier alpha value is -1.86. The lowest BCUT2D eigenvalue weighted by molar-refractivity contribution is -0.120. The van der Waals surface area contributed by atoms with E-state index < -0.39 is 0 Å². The highest BCUT2D eigenvalue weighted by atomic mass is 35.5. The smallest absolute Gasteiger partial charge is 0.217 e. The third kappa shape index (κ3) is 3.57. The lowest BCUT2D eigenvalue weighted by Crippen LogP contribution is -2.36. The van der Waals surface area contributed by atoms with Crippen molar-refractivity contribution in [3.05, 3.63) is 17.0 Å². The molecule has 1 saturated heterocycles. The fourth-order valence-electron chi connectivity index (χ4n) is 3.19. The van der Waals surface area contributed by atoms with Crippen LogP contribution in [-0.2, 0) is 16.6 Å². The second kappa shape index (κ2) is 7.17. The number of fused-ring (bicyclic) bond motifs is 1. The first-order valence-electron chi connectivity index (χ1n) is 8.51. The van der Waals surface area contributed by atoms with E-state index in [0.717, 1.165) is 35.8 Å². The molecule has 1 aliphatic heterocycles. The van der Waals surface area contributed by atoms with Crippen molar-refractivity contribution in [1.29, 1.82) is 0 Å². The van der Waals surface area contributed by atoms with Crippen molar-refractivity contribution >= 4 is 34.4 Å². The summed E-state index contributed by atoms with van der Waals surface area (Å²) in [7, 11) is 1.91. The van der Waals surface area contributed by atoms with Crippen LogP contribution in [0.15, 0.2) is 6.07 Å². The van der Waals surface area contributed by atoms with Gasteiger partial charge in [-0.25, -0.2) is 9.97 Å². The highest BCUT2D eigenvalue weighted by molar-refractivity contribution is 6.30. The number of amides is 1. The second-order valence-corrected chi connectivity index (χ2v) is 7.07. The summed E-state index contributed by atoms with van der Waals surface area (Å²) in [4.78, 5) is 23.2. The minimum Gasteiger partial charge on any atom is -0.378 e. The maximum absolute atomic E-state index is 11.6. The van der Waals surface area contributed by atoms with Gasteiger partial charge in [0.25, 0.3) is 0 Å². The molecule has 0 bridgehead atoms. The first-order chi connectivity index (χ1) is 11.9. The van der Waals surface area contributed by atoms with Gasteiger partial charge in [0.1, 0.15) is 16.5 Å². The number of morpholine rings is 1. The molecular weight excluding hydrogens is 342 g/mol. The van der Waals surface area contributed by atoms with Gasteiger partial charge in [-0.3, -0.25) is 4.79 Å². The molecule has 7 nitrogen and oxygen atoms in total. The lowest BCUT2D eigenvalue weighted by atomic mass is 10.0. The molecule has 0 aliphatic carbocycles. The molecule has 2 aromatic rings. The molecule has 1 amide bonds. The van der Waals surface area contributed by atoms with Crippen molar-refractivity contribution in [3.63, 3.8) is 0 Å². The Bertz CT molecular complexity index is 783. The number of pyridine rings is 1. The third-order valence-electron chi connectivity index (χ3n) is 4.47. The van der Waals surface area contributed by atoms with Crippen LogP contribution in [0, 0.1) is 5.92 Å². The van der Waals surface area contributed by atoms with Gasteiger partial charge >= 0.3 is 0 Å². The number of nitrogens with zero attached hydrogens (tertiary/aromatic N) is 4. The number of nitrogens with one attached hydrogen (secondary N) is 1. The van der Waals surface area contributed by atoms with Gasteiger partial charge in [0, 0.05) is 33.1 Å². The normalized spacial score (nSPS) is 16.5. The van der Waals surface area contributed by atoms with Gasteiger partial charge in [0.15, 0.2) is 5.65 Å². The van der Waals surface area contributed by atoms with E-state index in [2.05, 4.69) is 29.0 Å². The molecule has 1 fully saturated rings. The van der Waals surface area contributed by atoms with Gasteiger partial charge in [-0.05, 0) is 5.92 Å². The number of anilines is 1. The number of carbonyl (C=O) groups is 1. The topological polar surface area (TPSA) is 72.3 Å². The highest BCUT2D eigenvalue weighted by Crippen LogP contribution is 2.32. The Morgan fingerprint density at radius 1 is 1.32 bits per heavy atom. The van der Waals surface area contributed by atoms with E-state index in [1.807, 2.05) is 17.7 Å². The number of hydrogen-bond donors (Lipinski definition) is 1. The molecule has 1 aliphatic rings. The van der Waals surface area contributed by atoms with Gasteiger partial charge < -0.3 is 19.5 Å². The number of hydrogen-bond acceptors (Lipinski definition) is 5. The third-order valence-corrected chi connectivity index (χ3v) is 4.66. The average molecular weight is 366 g/mol. The summed E-state index contributed by atoms with van der Waals surface area (Å²) >= 11 is 6.27. The molecule has 0 saturated carbocycles.